The molecule has 0 aromatic carbocycles. The van der Waals surface area contributed by atoms with Crippen molar-refractivity contribution < 1.29 is 28.1 Å². The number of rotatable bonds is 1. The van der Waals surface area contributed by atoms with Crippen molar-refractivity contribution in [2.75, 3.05) is 0 Å². The van der Waals surface area contributed by atoms with Gasteiger partial charge < -0.3 is 9.59 Å². The first kappa shape index (κ1) is 9.33. The van der Waals surface area contributed by atoms with Crippen LogP contribution in [0.4, 0.5) is 0 Å². The van der Waals surface area contributed by atoms with Crippen molar-refractivity contribution in [2.45, 2.75) is 6.92 Å². The number of hydrogen-bond donors (Lipinski definition) is 0. The van der Waals surface area contributed by atoms with Crippen LogP contribution >= 0.6 is 0 Å². The predicted molar refractivity (Wildman–Crippen MR) is 16.4 cm³/mol. The molecule has 0 bridgehead atoms. The topological polar surface area (TPSA) is 34.1 Å². The van der Waals surface area contributed by atoms with Crippen LogP contribution in [0.25, 0.3) is 0 Å². The Balaban J connectivity index is 0. The molecule has 0 aromatic rings. The number of carbonyl (C=O) groups excluding carboxylic acids is 2. The van der Waals surface area contributed by atoms with E-state index in [2.05, 4.69) is 0 Å². The van der Waals surface area contributed by atoms with Gasteiger partial charge in [-0.1, -0.05) is 0 Å². The molecular weight excluding hydrogens is 119 g/mol. The van der Waals surface area contributed by atoms with Crippen LogP contribution in [0.15, 0.2) is 0 Å². The number of carbonyl (C=O) groups is 1. The van der Waals surface area contributed by atoms with E-state index in [1.807, 2.05) is 0 Å². The summed E-state index contributed by atoms with van der Waals surface area (Å²) >= 11 is 0. The maximum atomic E-state index is 9.39. The summed E-state index contributed by atoms with van der Waals surface area (Å²) < 4.78 is 0. The predicted octanol–water partition coefficient (Wildman–Crippen LogP) is -0.317. The summed E-state index contributed by atoms with van der Waals surface area (Å²) in [7, 11) is 0. The molecule has 33 valence electrons. The molecular formula is C3H3O2V-. The summed E-state index contributed by atoms with van der Waals surface area (Å²) in [6.45, 7) is 1.16. The largest absolute Gasteiger partial charge is 0.534 e. The first-order valence-electron chi connectivity index (χ1n) is 1.16. The van der Waals surface area contributed by atoms with E-state index in [4.69, 9.17) is 4.79 Å². The van der Waals surface area contributed by atoms with Crippen LogP contribution in [0, 0.1) is 0 Å². The molecule has 0 saturated carbocycles. The summed E-state index contributed by atoms with van der Waals surface area (Å²) in [5.74, 6) is -0.551. The Bertz CT molecular complexity index is 59.8. The Labute approximate surface area is 47.8 Å². The minimum Gasteiger partial charge on any atom is -0.534 e. The second-order valence-corrected chi connectivity index (χ2v) is 0.658. The third-order valence-electron chi connectivity index (χ3n) is 0.144. The van der Waals surface area contributed by atoms with Gasteiger partial charge in [0, 0.05) is 24.3 Å². The fourth-order valence-electron chi connectivity index (χ4n) is 0. The van der Waals surface area contributed by atoms with E-state index in [1.54, 1.807) is 0 Å². The zero-order chi connectivity index (χ0) is 4.28. The summed E-state index contributed by atoms with van der Waals surface area (Å²) in [5.41, 5.74) is 0. The van der Waals surface area contributed by atoms with E-state index in [-0.39, 0.29) is 18.6 Å². The fourth-order valence-corrected chi connectivity index (χ4v) is 0. The number of Topliss-reactive ketones (excluding diaryl/α,β-unsaturated/α-hetero) is 1. The molecule has 0 aliphatic rings. The average molecular weight is 122 g/mol. The van der Waals surface area contributed by atoms with Crippen LogP contribution in [0.3, 0.4) is 0 Å². The van der Waals surface area contributed by atoms with Crippen LogP contribution in [0.2, 0.25) is 0 Å². The molecule has 0 N–H and O–H groups in total. The second kappa shape index (κ2) is 4.92. The van der Waals surface area contributed by atoms with Gasteiger partial charge in [0.15, 0.2) is 0 Å². The molecule has 0 atom stereocenters. The van der Waals surface area contributed by atoms with Crippen molar-refractivity contribution in [2.24, 2.45) is 0 Å². The fraction of sp³-hybridized carbons (Fsp3) is 0.333. The molecule has 0 rings (SSSR count). The molecule has 0 aliphatic carbocycles. The molecule has 2 nitrogen and oxygen atoms in total. The van der Waals surface area contributed by atoms with E-state index < -0.39 is 5.78 Å². The average Bonchev–Trinajstić information content (AvgIpc) is 1.38. The summed E-state index contributed by atoms with van der Waals surface area (Å²) in [6, 6.07) is 0. The third-order valence-corrected chi connectivity index (χ3v) is 0.144. The SMILES string of the molecule is CC(=O)[C-]=O.[V]. The first-order valence-corrected chi connectivity index (χ1v) is 1.16. The van der Waals surface area contributed by atoms with Gasteiger partial charge in [-0.25, -0.2) is 0 Å². The van der Waals surface area contributed by atoms with Crippen molar-refractivity contribution >= 4 is 12.1 Å². The molecule has 0 fully saturated rings. The van der Waals surface area contributed by atoms with Gasteiger partial charge in [0.05, 0.1) is 0 Å². The van der Waals surface area contributed by atoms with Crippen molar-refractivity contribution in [3.63, 3.8) is 0 Å². The molecule has 0 saturated heterocycles. The van der Waals surface area contributed by atoms with Gasteiger partial charge in [-0.05, 0) is 6.92 Å². The molecule has 0 aliphatic heterocycles. The standard InChI is InChI=1S/C3H3O2.V/c1-3(5)2-4;/h1H3;/q-1;. The molecule has 3 heteroatoms. The molecule has 0 aromatic heterocycles. The van der Waals surface area contributed by atoms with E-state index in [9.17, 15) is 4.79 Å². The van der Waals surface area contributed by atoms with E-state index in [0.717, 1.165) is 13.2 Å². The molecule has 0 amide bonds. The van der Waals surface area contributed by atoms with Gasteiger partial charge in [0.25, 0.3) is 0 Å². The maximum absolute atomic E-state index is 9.39. The monoisotopic (exact) mass is 122 g/mol. The quantitative estimate of drug-likeness (QED) is 0.353. The third kappa shape index (κ3) is 9.06. The smallest absolute Gasteiger partial charge is 0.0121 e. The van der Waals surface area contributed by atoms with Crippen molar-refractivity contribution in [3.8, 4) is 0 Å². The van der Waals surface area contributed by atoms with Crippen molar-refractivity contribution in [3.05, 3.63) is 0 Å². The Kier molecular flexibility index (Phi) is 7.66. The Hall–Kier alpha value is -0.0756. The first-order chi connectivity index (χ1) is 2.27. The normalized spacial score (nSPS) is 5.50. The zero-order valence-electron chi connectivity index (χ0n) is 3.26. The number of ketones is 1. The summed E-state index contributed by atoms with van der Waals surface area (Å²) in [4.78, 5) is 18.4. The van der Waals surface area contributed by atoms with Gasteiger partial charge in [-0.3, -0.25) is 0 Å². The maximum Gasteiger partial charge on any atom is 0.0121 e. The van der Waals surface area contributed by atoms with Crippen molar-refractivity contribution in [1.29, 1.82) is 0 Å². The van der Waals surface area contributed by atoms with Crippen LogP contribution in [-0.4, -0.2) is 12.1 Å². The van der Waals surface area contributed by atoms with Gasteiger partial charge in [-0.2, -0.15) is 6.29 Å². The van der Waals surface area contributed by atoms with Crippen LogP contribution in [-0.2, 0) is 28.1 Å². The molecule has 0 spiro atoms. The van der Waals surface area contributed by atoms with E-state index >= 15 is 0 Å². The van der Waals surface area contributed by atoms with Crippen LogP contribution in [0.5, 0.6) is 0 Å². The zero-order valence-corrected chi connectivity index (χ0v) is 4.66. The summed E-state index contributed by atoms with van der Waals surface area (Å²) in [6.07, 6.45) is 1.14. The Morgan fingerprint density at radius 3 is 1.83 bits per heavy atom. The second-order valence-electron chi connectivity index (χ2n) is 0.658. The van der Waals surface area contributed by atoms with Crippen molar-refractivity contribution in [1.82, 2.24) is 0 Å². The van der Waals surface area contributed by atoms with E-state index in [0.29, 0.717) is 0 Å². The van der Waals surface area contributed by atoms with Gasteiger partial charge in [0.1, 0.15) is 0 Å². The van der Waals surface area contributed by atoms with Gasteiger partial charge in [-0.15, -0.1) is 0 Å². The Morgan fingerprint density at radius 2 is 1.83 bits per heavy atom. The van der Waals surface area contributed by atoms with Crippen LogP contribution in [0.1, 0.15) is 6.92 Å². The Morgan fingerprint density at radius 1 is 1.67 bits per heavy atom. The molecule has 6 heavy (non-hydrogen) atoms. The van der Waals surface area contributed by atoms with E-state index in [1.165, 1.54) is 0 Å². The van der Waals surface area contributed by atoms with Crippen LogP contribution < -0.4 is 0 Å². The molecule has 0 heterocycles. The summed E-state index contributed by atoms with van der Waals surface area (Å²) in [5, 5.41) is 0. The molecule has 1 radical (unpaired) electrons. The number of hydrogen-bond acceptors (Lipinski definition) is 2. The molecule has 0 unspecified atom stereocenters. The van der Waals surface area contributed by atoms with Gasteiger partial charge >= 0.3 is 0 Å². The minimum absolute atomic E-state index is 0. The minimum atomic E-state index is -0.551. The van der Waals surface area contributed by atoms with Gasteiger partial charge in [0.2, 0.25) is 0 Å².